The van der Waals surface area contributed by atoms with Gasteiger partial charge in [0, 0.05) is 43.7 Å². The first-order valence-corrected chi connectivity index (χ1v) is 10.1. The third kappa shape index (κ3) is 3.81. The number of methoxy groups -OCH3 is 1. The molecule has 0 radical (unpaired) electrons. The molecule has 0 bridgehead atoms. The number of fused-ring (bicyclic) bond motifs is 1. The number of hydrogen-bond donors (Lipinski definition) is 0. The van der Waals surface area contributed by atoms with E-state index in [9.17, 15) is 14.9 Å². The Morgan fingerprint density at radius 2 is 2.07 bits per heavy atom. The molecule has 2 aliphatic rings. The third-order valence-electron chi connectivity index (χ3n) is 5.87. The number of rotatable bonds is 4. The first-order chi connectivity index (χ1) is 14.1. The van der Waals surface area contributed by atoms with Gasteiger partial charge in [0.1, 0.15) is 17.2 Å². The maximum atomic E-state index is 12.1. The number of benzene rings is 1. The van der Waals surface area contributed by atoms with Gasteiger partial charge in [0.05, 0.1) is 12.0 Å². The molecule has 154 valence electrons. The number of hydrogen-bond acceptors (Lipinski definition) is 7. The number of carbonyl (C=O) groups excluding carboxylic acids is 1. The maximum Gasteiger partial charge on any atom is 0.344 e. The highest BCUT2D eigenvalue weighted by Crippen LogP contribution is 2.32. The van der Waals surface area contributed by atoms with E-state index in [-0.39, 0.29) is 17.2 Å². The van der Waals surface area contributed by atoms with Crippen LogP contribution in [0.5, 0.6) is 0 Å². The summed E-state index contributed by atoms with van der Waals surface area (Å²) in [6, 6.07) is 4.66. The second-order valence-corrected chi connectivity index (χ2v) is 7.67. The number of esters is 1. The topological polar surface area (TPSA) is 103 Å². The van der Waals surface area contributed by atoms with Crippen molar-refractivity contribution in [3.8, 4) is 0 Å². The monoisotopic (exact) mass is 399 g/mol. The summed E-state index contributed by atoms with van der Waals surface area (Å²) in [5.74, 6) is 1.68. The van der Waals surface area contributed by atoms with Gasteiger partial charge in [-0.2, -0.15) is 0 Å². The molecule has 1 aromatic heterocycles. The average molecular weight is 399 g/mol. The summed E-state index contributed by atoms with van der Waals surface area (Å²) in [6.07, 6.45) is 6.53. The van der Waals surface area contributed by atoms with Gasteiger partial charge < -0.3 is 14.2 Å². The van der Waals surface area contributed by atoms with Gasteiger partial charge in [-0.05, 0) is 37.8 Å². The van der Waals surface area contributed by atoms with E-state index in [1.54, 1.807) is 12.1 Å². The Balaban J connectivity index is 1.60. The first-order valence-electron chi connectivity index (χ1n) is 10.1. The number of carbonyl (C=O) groups is 1. The van der Waals surface area contributed by atoms with Crippen molar-refractivity contribution in [2.45, 2.75) is 51.0 Å². The van der Waals surface area contributed by atoms with Crippen LogP contribution in [0.25, 0.3) is 0 Å². The summed E-state index contributed by atoms with van der Waals surface area (Å²) in [5, 5.41) is 20.2. The number of nitro groups is 1. The van der Waals surface area contributed by atoms with Gasteiger partial charge in [0.15, 0.2) is 0 Å². The number of aryl methyl sites for hydroxylation is 1. The quantitative estimate of drug-likeness (QED) is 0.442. The molecule has 9 heteroatoms. The number of nitrogens with zero attached hydrogens (tertiary/aromatic N) is 5. The summed E-state index contributed by atoms with van der Waals surface area (Å²) in [4.78, 5) is 24.9. The molecule has 1 fully saturated rings. The fourth-order valence-corrected chi connectivity index (χ4v) is 4.39. The molecule has 3 heterocycles. The highest BCUT2D eigenvalue weighted by molar-refractivity contribution is 5.95. The lowest BCUT2D eigenvalue weighted by atomic mass is 9.96. The molecule has 0 spiro atoms. The SMILES string of the molecule is COC(=O)c1cc(N2CCC[C@@H](c3nnc4n3CCCCC4)C2)ccc1[N+](=O)[O-]. The minimum absolute atomic E-state index is 0.0199. The summed E-state index contributed by atoms with van der Waals surface area (Å²) >= 11 is 0. The van der Waals surface area contributed by atoms with E-state index in [2.05, 4.69) is 19.7 Å². The molecule has 9 nitrogen and oxygen atoms in total. The van der Waals surface area contributed by atoms with Gasteiger partial charge in [-0.15, -0.1) is 10.2 Å². The molecular formula is C20H25N5O4. The lowest BCUT2D eigenvalue weighted by molar-refractivity contribution is -0.385. The van der Waals surface area contributed by atoms with Crippen molar-refractivity contribution in [1.82, 2.24) is 14.8 Å². The molecule has 1 atom stereocenters. The summed E-state index contributed by atoms with van der Waals surface area (Å²) < 4.78 is 7.03. The Hall–Kier alpha value is -2.97. The molecule has 0 saturated carbocycles. The molecule has 0 N–H and O–H groups in total. The Labute approximate surface area is 168 Å². The van der Waals surface area contributed by atoms with Crippen LogP contribution in [0.15, 0.2) is 18.2 Å². The highest BCUT2D eigenvalue weighted by atomic mass is 16.6. The van der Waals surface area contributed by atoms with E-state index >= 15 is 0 Å². The molecule has 1 aromatic carbocycles. The van der Waals surface area contributed by atoms with E-state index < -0.39 is 10.9 Å². The normalized spacial score (nSPS) is 19.3. The van der Waals surface area contributed by atoms with E-state index in [1.807, 2.05) is 0 Å². The Morgan fingerprint density at radius 1 is 1.21 bits per heavy atom. The lowest BCUT2D eigenvalue weighted by Crippen LogP contribution is -2.35. The molecular weight excluding hydrogens is 374 g/mol. The van der Waals surface area contributed by atoms with Crippen LogP contribution in [0.1, 0.15) is 60.0 Å². The number of aromatic nitrogens is 3. The van der Waals surface area contributed by atoms with Crippen LogP contribution in [-0.2, 0) is 17.7 Å². The smallest absolute Gasteiger partial charge is 0.344 e. The van der Waals surface area contributed by atoms with E-state index in [4.69, 9.17) is 4.74 Å². The summed E-state index contributed by atoms with van der Waals surface area (Å²) in [5.41, 5.74) is 0.529. The van der Waals surface area contributed by atoms with Crippen molar-refractivity contribution in [3.63, 3.8) is 0 Å². The lowest BCUT2D eigenvalue weighted by Gasteiger charge is -2.34. The Bertz CT molecular complexity index is 926. The average Bonchev–Trinajstić information content (AvgIpc) is 3.01. The second-order valence-electron chi connectivity index (χ2n) is 7.67. The van der Waals surface area contributed by atoms with Crippen LogP contribution in [-0.4, -0.2) is 45.9 Å². The number of nitro benzene ring substituents is 1. The molecule has 4 rings (SSSR count). The van der Waals surface area contributed by atoms with Gasteiger partial charge in [-0.25, -0.2) is 4.79 Å². The van der Waals surface area contributed by atoms with Gasteiger partial charge in [0.2, 0.25) is 0 Å². The van der Waals surface area contributed by atoms with Crippen molar-refractivity contribution in [2.24, 2.45) is 0 Å². The molecule has 0 aliphatic carbocycles. The zero-order valence-corrected chi connectivity index (χ0v) is 16.5. The Kier molecular flexibility index (Phi) is 5.46. The zero-order valence-electron chi connectivity index (χ0n) is 16.5. The maximum absolute atomic E-state index is 12.1. The van der Waals surface area contributed by atoms with Gasteiger partial charge in [-0.1, -0.05) is 6.42 Å². The minimum Gasteiger partial charge on any atom is -0.465 e. The van der Waals surface area contributed by atoms with Crippen molar-refractivity contribution in [2.75, 3.05) is 25.1 Å². The molecule has 2 aliphatic heterocycles. The van der Waals surface area contributed by atoms with E-state index in [1.165, 1.54) is 19.6 Å². The van der Waals surface area contributed by atoms with E-state index in [0.717, 1.165) is 69.1 Å². The third-order valence-corrected chi connectivity index (χ3v) is 5.87. The zero-order chi connectivity index (χ0) is 20.4. The van der Waals surface area contributed by atoms with Crippen LogP contribution in [0, 0.1) is 10.1 Å². The predicted octanol–water partition coefficient (Wildman–Crippen LogP) is 3.08. The second kappa shape index (κ2) is 8.18. The van der Waals surface area contributed by atoms with Crippen molar-refractivity contribution >= 4 is 17.3 Å². The molecule has 0 unspecified atom stereocenters. The van der Waals surface area contributed by atoms with Gasteiger partial charge in [-0.3, -0.25) is 10.1 Å². The molecule has 1 saturated heterocycles. The Morgan fingerprint density at radius 3 is 2.86 bits per heavy atom. The molecule has 2 aromatic rings. The van der Waals surface area contributed by atoms with Crippen molar-refractivity contribution in [3.05, 3.63) is 45.5 Å². The number of piperidine rings is 1. The number of anilines is 1. The predicted molar refractivity (Wildman–Crippen MR) is 106 cm³/mol. The minimum atomic E-state index is -0.699. The fourth-order valence-electron chi connectivity index (χ4n) is 4.39. The highest BCUT2D eigenvalue weighted by Gasteiger charge is 2.29. The van der Waals surface area contributed by atoms with Crippen LogP contribution in [0.2, 0.25) is 0 Å². The fraction of sp³-hybridized carbons (Fsp3) is 0.550. The summed E-state index contributed by atoms with van der Waals surface area (Å²) in [7, 11) is 1.23. The first kappa shape index (κ1) is 19.4. The molecule has 29 heavy (non-hydrogen) atoms. The largest absolute Gasteiger partial charge is 0.465 e. The van der Waals surface area contributed by atoms with Crippen molar-refractivity contribution in [1.29, 1.82) is 0 Å². The van der Waals surface area contributed by atoms with Crippen LogP contribution < -0.4 is 4.90 Å². The van der Waals surface area contributed by atoms with Crippen LogP contribution in [0.3, 0.4) is 0 Å². The molecule has 0 amide bonds. The van der Waals surface area contributed by atoms with Gasteiger partial charge in [0.25, 0.3) is 5.69 Å². The van der Waals surface area contributed by atoms with Gasteiger partial charge >= 0.3 is 5.97 Å². The van der Waals surface area contributed by atoms with Crippen LogP contribution >= 0.6 is 0 Å². The number of ether oxygens (including phenoxy) is 1. The summed E-state index contributed by atoms with van der Waals surface area (Å²) in [6.45, 7) is 2.55. The standard InChI is InChI=1S/C20H25N5O4/c1-29-20(26)16-12-15(8-9-17(16)25(27)28)23-10-5-6-14(13-23)19-22-21-18-7-3-2-4-11-24(18)19/h8-9,12,14H,2-7,10-11,13H2,1H3/t14-/m1/s1. The van der Waals surface area contributed by atoms with Crippen LogP contribution in [0.4, 0.5) is 11.4 Å². The van der Waals surface area contributed by atoms with Crippen molar-refractivity contribution < 1.29 is 14.5 Å². The van der Waals surface area contributed by atoms with E-state index in [0.29, 0.717) is 0 Å².